The lowest BCUT2D eigenvalue weighted by Crippen LogP contribution is -2.29. The van der Waals surface area contributed by atoms with E-state index in [0.717, 1.165) is 24.2 Å². The Morgan fingerprint density at radius 1 is 0.917 bits per heavy atom. The van der Waals surface area contributed by atoms with Gasteiger partial charge in [0.2, 0.25) is 5.91 Å². The molecule has 0 atom stereocenters. The molecule has 0 radical (unpaired) electrons. The van der Waals surface area contributed by atoms with Crippen LogP contribution in [0.5, 0.6) is 0 Å². The van der Waals surface area contributed by atoms with E-state index in [-0.39, 0.29) is 5.91 Å². The highest BCUT2D eigenvalue weighted by Crippen LogP contribution is 2.20. The van der Waals surface area contributed by atoms with Gasteiger partial charge in [-0.05, 0) is 42.5 Å². The molecule has 2 aromatic carbocycles. The van der Waals surface area contributed by atoms with Crippen LogP contribution in [0.4, 0.5) is 5.69 Å². The summed E-state index contributed by atoms with van der Waals surface area (Å²) in [5.41, 5.74) is 3.53. The van der Waals surface area contributed by atoms with Crippen molar-refractivity contribution in [3.8, 4) is 0 Å². The van der Waals surface area contributed by atoms with Crippen molar-refractivity contribution in [3.63, 3.8) is 0 Å². The number of hydrogen-bond donors (Lipinski definition) is 0. The minimum Gasteiger partial charge on any atom is -0.372 e. The predicted octanol–water partition coefficient (Wildman–Crippen LogP) is 3.88. The third-order valence-corrected chi connectivity index (χ3v) is 4.70. The van der Waals surface area contributed by atoms with Gasteiger partial charge < -0.3 is 9.80 Å². The van der Waals surface area contributed by atoms with Crippen LogP contribution in [0, 0.1) is 0 Å². The number of carbonyl (C=O) groups is 1. The number of nitrogens with zero attached hydrogens (tertiary/aromatic N) is 2. The number of anilines is 1. The van der Waals surface area contributed by atoms with Gasteiger partial charge in [-0.1, -0.05) is 42.5 Å². The Hall–Kier alpha value is -2.29. The van der Waals surface area contributed by atoms with E-state index >= 15 is 0 Å². The first-order chi connectivity index (χ1) is 11.7. The molecule has 0 aliphatic carbocycles. The van der Waals surface area contributed by atoms with Gasteiger partial charge in [0.25, 0.3) is 0 Å². The number of piperidine rings is 1. The monoisotopic (exact) mass is 322 g/mol. The van der Waals surface area contributed by atoms with Crippen molar-refractivity contribution in [3.05, 3.63) is 65.7 Å². The fourth-order valence-corrected chi connectivity index (χ4v) is 3.23. The van der Waals surface area contributed by atoms with E-state index in [1.165, 1.54) is 24.9 Å². The molecule has 1 amide bonds. The molecule has 3 rings (SSSR count). The second-order valence-corrected chi connectivity index (χ2v) is 6.63. The molecule has 1 fully saturated rings. The summed E-state index contributed by atoms with van der Waals surface area (Å²) in [7, 11) is 1.87. The zero-order chi connectivity index (χ0) is 16.8. The average Bonchev–Trinajstić information content (AvgIpc) is 2.64. The lowest BCUT2D eigenvalue weighted by Gasteiger charge is -2.28. The molecule has 0 bridgehead atoms. The van der Waals surface area contributed by atoms with E-state index in [0.29, 0.717) is 13.0 Å². The van der Waals surface area contributed by atoms with Gasteiger partial charge >= 0.3 is 0 Å². The van der Waals surface area contributed by atoms with Gasteiger partial charge in [-0.3, -0.25) is 4.79 Å². The molecule has 0 saturated carbocycles. The molecule has 0 N–H and O–H groups in total. The molecule has 1 aliphatic heterocycles. The Balaban J connectivity index is 1.55. The van der Waals surface area contributed by atoms with Crippen LogP contribution in [0.3, 0.4) is 0 Å². The summed E-state index contributed by atoms with van der Waals surface area (Å²) in [4.78, 5) is 16.7. The van der Waals surface area contributed by atoms with E-state index in [9.17, 15) is 4.79 Å². The minimum absolute atomic E-state index is 0.157. The van der Waals surface area contributed by atoms with Crippen molar-refractivity contribution < 1.29 is 4.79 Å². The third-order valence-electron chi connectivity index (χ3n) is 4.70. The molecule has 1 heterocycles. The van der Waals surface area contributed by atoms with E-state index in [1.807, 2.05) is 25.2 Å². The summed E-state index contributed by atoms with van der Waals surface area (Å²) in [6, 6.07) is 18.6. The van der Waals surface area contributed by atoms with E-state index in [4.69, 9.17) is 0 Å². The number of amides is 1. The first-order valence-electron chi connectivity index (χ1n) is 8.84. The summed E-state index contributed by atoms with van der Waals surface area (Å²) in [5, 5.41) is 0. The Morgan fingerprint density at radius 3 is 2.25 bits per heavy atom. The fraction of sp³-hybridized carbons (Fsp3) is 0.381. The SMILES string of the molecule is CN(Cc1ccccc1)C(=O)Cc1ccc(N2CCCCC2)cc1. The molecular weight excluding hydrogens is 296 g/mol. The third kappa shape index (κ3) is 4.38. The highest BCUT2D eigenvalue weighted by Gasteiger charge is 2.13. The normalized spacial score (nSPS) is 14.5. The van der Waals surface area contributed by atoms with Gasteiger partial charge in [-0.25, -0.2) is 0 Å². The maximum atomic E-state index is 12.4. The zero-order valence-electron chi connectivity index (χ0n) is 14.4. The summed E-state index contributed by atoms with van der Waals surface area (Å²) in [6.45, 7) is 2.96. The van der Waals surface area contributed by atoms with Gasteiger partial charge in [-0.15, -0.1) is 0 Å². The van der Waals surface area contributed by atoms with E-state index < -0.39 is 0 Å². The predicted molar refractivity (Wildman–Crippen MR) is 99.1 cm³/mol. The van der Waals surface area contributed by atoms with Crippen molar-refractivity contribution in [2.24, 2.45) is 0 Å². The number of likely N-dealkylation sites (N-methyl/N-ethyl adjacent to an activating group) is 1. The van der Waals surface area contributed by atoms with Crippen molar-refractivity contribution in [1.29, 1.82) is 0 Å². The zero-order valence-corrected chi connectivity index (χ0v) is 14.4. The second-order valence-electron chi connectivity index (χ2n) is 6.63. The summed E-state index contributed by atoms with van der Waals surface area (Å²) in [5.74, 6) is 0.157. The second kappa shape index (κ2) is 8.00. The van der Waals surface area contributed by atoms with E-state index in [1.54, 1.807) is 4.90 Å². The van der Waals surface area contributed by atoms with Crippen LogP contribution < -0.4 is 4.90 Å². The van der Waals surface area contributed by atoms with Crippen LogP contribution in [0.2, 0.25) is 0 Å². The summed E-state index contributed by atoms with van der Waals surface area (Å²) >= 11 is 0. The highest BCUT2D eigenvalue weighted by molar-refractivity contribution is 5.78. The molecule has 1 aliphatic rings. The van der Waals surface area contributed by atoms with Crippen molar-refractivity contribution in [2.75, 3.05) is 25.0 Å². The van der Waals surface area contributed by atoms with Crippen LogP contribution in [0.15, 0.2) is 54.6 Å². The molecule has 0 aromatic heterocycles. The topological polar surface area (TPSA) is 23.6 Å². The van der Waals surface area contributed by atoms with E-state index in [2.05, 4.69) is 41.3 Å². The van der Waals surface area contributed by atoms with Gasteiger partial charge in [0, 0.05) is 32.4 Å². The van der Waals surface area contributed by atoms with Gasteiger partial charge in [-0.2, -0.15) is 0 Å². The van der Waals surface area contributed by atoms with Crippen LogP contribution >= 0.6 is 0 Å². The number of rotatable bonds is 5. The molecule has 3 heteroatoms. The Bertz CT molecular complexity index is 645. The lowest BCUT2D eigenvalue weighted by atomic mass is 10.1. The molecule has 3 nitrogen and oxygen atoms in total. The number of benzene rings is 2. The van der Waals surface area contributed by atoms with Crippen LogP contribution in [-0.2, 0) is 17.8 Å². The highest BCUT2D eigenvalue weighted by atomic mass is 16.2. The van der Waals surface area contributed by atoms with Crippen molar-refractivity contribution >= 4 is 11.6 Å². The molecule has 126 valence electrons. The van der Waals surface area contributed by atoms with Crippen molar-refractivity contribution in [1.82, 2.24) is 4.90 Å². The van der Waals surface area contributed by atoms with Gasteiger partial charge in [0.15, 0.2) is 0 Å². The summed E-state index contributed by atoms with van der Waals surface area (Å²) in [6.07, 6.45) is 4.37. The first-order valence-corrected chi connectivity index (χ1v) is 8.84. The van der Waals surface area contributed by atoms with Gasteiger partial charge in [0.1, 0.15) is 0 Å². The maximum absolute atomic E-state index is 12.4. The standard InChI is InChI=1S/C21H26N2O/c1-22(17-19-8-4-2-5-9-19)21(24)16-18-10-12-20(13-11-18)23-14-6-3-7-15-23/h2,4-5,8-13H,3,6-7,14-17H2,1H3. The Labute approximate surface area is 144 Å². The maximum Gasteiger partial charge on any atom is 0.227 e. The lowest BCUT2D eigenvalue weighted by molar-refractivity contribution is -0.129. The van der Waals surface area contributed by atoms with Crippen molar-refractivity contribution in [2.45, 2.75) is 32.2 Å². The molecular formula is C21H26N2O. The van der Waals surface area contributed by atoms with Crippen LogP contribution in [0.1, 0.15) is 30.4 Å². The smallest absolute Gasteiger partial charge is 0.227 e. The van der Waals surface area contributed by atoms with Crippen LogP contribution in [-0.4, -0.2) is 30.9 Å². The minimum atomic E-state index is 0.157. The fourth-order valence-electron chi connectivity index (χ4n) is 3.23. The van der Waals surface area contributed by atoms with Crippen LogP contribution in [0.25, 0.3) is 0 Å². The molecule has 0 spiro atoms. The largest absolute Gasteiger partial charge is 0.372 e. The van der Waals surface area contributed by atoms with Gasteiger partial charge in [0.05, 0.1) is 6.42 Å². The Kier molecular flexibility index (Phi) is 5.52. The molecule has 2 aromatic rings. The Morgan fingerprint density at radius 2 is 1.58 bits per heavy atom. The quantitative estimate of drug-likeness (QED) is 0.834. The first kappa shape index (κ1) is 16.6. The summed E-state index contributed by atoms with van der Waals surface area (Å²) < 4.78 is 0. The molecule has 24 heavy (non-hydrogen) atoms. The molecule has 0 unspecified atom stereocenters. The molecule has 1 saturated heterocycles. The number of hydrogen-bond acceptors (Lipinski definition) is 2. The number of carbonyl (C=O) groups excluding carboxylic acids is 1. The average molecular weight is 322 g/mol.